The van der Waals surface area contributed by atoms with Crippen molar-refractivity contribution in [1.82, 2.24) is 14.8 Å². The van der Waals surface area contributed by atoms with E-state index in [1.165, 1.54) is 17.5 Å². The second-order valence-corrected chi connectivity index (χ2v) is 6.27. The van der Waals surface area contributed by atoms with E-state index in [1.54, 1.807) is 6.33 Å². The summed E-state index contributed by atoms with van der Waals surface area (Å²) in [5.41, 5.74) is 2.94. The second kappa shape index (κ2) is 4.95. The molecule has 1 heterocycles. The van der Waals surface area contributed by atoms with Gasteiger partial charge in [0.1, 0.15) is 12.2 Å². The van der Waals surface area contributed by atoms with Gasteiger partial charge in [0.25, 0.3) is 0 Å². The Labute approximate surface area is 124 Å². The molecule has 0 bridgehead atoms. The van der Waals surface area contributed by atoms with Crippen molar-refractivity contribution in [3.8, 4) is 0 Å². The Morgan fingerprint density at radius 3 is 3.10 bits per heavy atom. The van der Waals surface area contributed by atoms with Gasteiger partial charge in [-0.25, -0.2) is 4.98 Å². The smallest absolute Gasteiger partial charge is 0.138 e. The highest BCUT2D eigenvalue weighted by Crippen LogP contribution is 2.61. The third-order valence-corrected chi connectivity index (χ3v) is 5.22. The Hall–Kier alpha value is -1.68. The van der Waals surface area contributed by atoms with E-state index in [2.05, 4.69) is 41.3 Å². The topological polar surface area (TPSA) is 50.9 Å². The number of rotatable bonds is 4. The van der Waals surface area contributed by atoms with Gasteiger partial charge >= 0.3 is 0 Å². The van der Waals surface area contributed by atoms with Crippen LogP contribution in [0.2, 0.25) is 0 Å². The number of aromatic nitrogens is 3. The van der Waals surface area contributed by atoms with Gasteiger partial charge in [0.05, 0.1) is 6.10 Å². The predicted octanol–water partition coefficient (Wildman–Crippen LogP) is 2.18. The maximum absolute atomic E-state index is 10.7. The summed E-state index contributed by atoms with van der Waals surface area (Å²) in [5, 5.41) is 14.8. The van der Waals surface area contributed by atoms with Crippen LogP contribution in [-0.4, -0.2) is 26.0 Å². The molecule has 2 aliphatic rings. The van der Waals surface area contributed by atoms with Crippen LogP contribution >= 0.6 is 0 Å². The van der Waals surface area contributed by atoms with Crippen LogP contribution < -0.4 is 0 Å². The van der Waals surface area contributed by atoms with Crippen LogP contribution in [0, 0.1) is 11.8 Å². The molecule has 4 heteroatoms. The summed E-state index contributed by atoms with van der Waals surface area (Å²) in [6, 6.07) is 8.72. The van der Waals surface area contributed by atoms with Crippen molar-refractivity contribution in [2.75, 3.05) is 0 Å². The van der Waals surface area contributed by atoms with Crippen molar-refractivity contribution in [3.63, 3.8) is 0 Å². The van der Waals surface area contributed by atoms with Crippen LogP contribution in [0.25, 0.3) is 0 Å². The summed E-state index contributed by atoms with van der Waals surface area (Å²) in [4.78, 5) is 4.29. The summed E-state index contributed by atoms with van der Waals surface area (Å²) >= 11 is 0. The molecule has 4 rings (SSSR count). The van der Waals surface area contributed by atoms with Crippen molar-refractivity contribution in [2.24, 2.45) is 11.8 Å². The molecule has 1 fully saturated rings. The monoisotopic (exact) mass is 283 g/mol. The molecular formula is C17H21N3O. The minimum absolute atomic E-state index is 0.305. The fraction of sp³-hybridized carbons (Fsp3) is 0.529. The summed E-state index contributed by atoms with van der Waals surface area (Å²) < 4.78 is 1.88. The molecule has 110 valence electrons. The highest BCUT2D eigenvalue weighted by molar-refractivity contribution is 5.39. The van der Waals surface area contributed by atoms with Crippen molar-refractivity contribution in [2.45, 2.75) is 44.8 Å². The second-order valence-electron chi connectivity index (χ2n) is 6.27. The molecule has 0 radical (unpaired) electrons. The molecule has 1 aromatic carbocycles. The van der Waals surface area contributed by atoms with Crippen molar-refractivity contribution in [3.05, 3.63) is 47.5 Å². The third kappa shape index (κ3) is 2.09. The molecule has 4 nitrogen and oxygen atoms in total. The summed E-state index contributed by atoms with van der Waals surface area (Å²) in [5.74, 6) is 2.52. The Balaban J connectivity index is 1.52. The lowest BCUT2D eigenvalue weighted by Gasteiger charge is -2.13. The van der Waals surface area contributed by atoms with E-state index in [4.69, 9.17) is 0 Å². The maximum Gasteiger partial charge on any atom is 0.138 e. The number of fused-ring (bicyclic) bond motifs is 3. The van der Waals surface area contributed by atoms with E-state index in [1.807, 2.05) is 4.68 Å². The lowest BCUT2D eigenvalue weighted by atomic mass is 9.92. The number of benzene rings is 1. The number of aliphatic hydroxyl groups excluding tert-OH is 1. The first-order chi connectivity index (χ1) is 10.3. The highest BCUT2D eigenvalue weighted by Gasteiger charge is 2.56. The Morgan fingerprint density at radius 1 is 1.38 bits per heavy atom. The molecule has 0 saturated heterocycles. The minimum Gasteiger partial charge on any atom is -0.392 e. The fourth-order valence-corrected chi connectivity index (χ4v) is 4.18. The molecule has 1 aromatic heterocycles. The third-order valence-electron chi connectivity index (χ3n) is 5.22. The van der Waals surface area contributed by atoms with Crippen molar-refractivity contribution < 1.29 is 5.11 Å². The van der Waals surface area contributed by atoms with E-state index < -0.39 is 0 Å². The molecule has 21 heavy (non-hydrogen) atoms. The summed E-state index contributed by atoms with van der Waals surface area (Å²) in [7, 11) is 0. The standard InChI is InChI=1S/C17H21N3O/c1-2-20-15(18-10-19-20)9-14(21)17-13-8-7-11-5-3-4-6-12(11)16(13)17/h3-6,10,13-14,16-17,21H,2,7-9H2,1H3. The largest absolute Gasteiger partial charge is 0.392 e. The van der Waals surface area contributed by atoms with E-state index in [0.29, 0.717) is 24.2 Å². The fourth-order valence-electron chi connectivity index (χ4n) is 4.18. The van der Waals surface area contributed by atoms with Gasteiger partial charge in [0.2, 0.25) is 0 Å². The van der Waals surface area contributed by atoms with Crippen LogP contribution in [-0.2, 0) is 19.4 Å². The molecule has 0 spiro atoms. The molecule has 1 saturated carbocycles. The molecule has 2 aromatic rings. The zero-order chi connectivity index (χ0) is 14.4. The van der Waals surface area contributed by atoms with Crippen LogP contribution in [0.5, 0.6) is 0 Å². The first-order valence-electron chi connectivity index (χ1n) is 7.92. The first kappa shape index (κ1) is 13.0. The van der Waals surface area contributed by atoms with Gasteiger partial charge in [-0.1, -0.05) is 24.3 Å². The zero-order valence-corrected chi connectivity index (χ0v) is 12.3. The zero-order valence-electron chi connectivity index (χ0n) is 12.3. The number of nitrogens with zero attached hydrogens (tertiary/aromatic N) is 3. The Kier molecular flexibility index (Phi) is 3.07. The normalized spacial score (nSPS) is 27.8. The van der Waals surface area contributed by atoms with E-state index in [0.717, 1.165) is 18.8 Å². The van der Waals surface area contributed by atoms with Crippen molar-refractivity contribution in [1.29, 1.82) is 0 Å². The van der Waals surface area contributed by atoms with Gasteiger partial charge in [-0.2, -0.15) is 5.10 Å². The maximum atomic E-state index is 10.7. The van der Waals surface area contributed by atoms with Gasteiger partial charge < -0.3 is 5.11 Å². The Bertz CT molecular complexity index is 651. The lowest BCUT2D eigenvalue weighted by Crippen LogP contribution is -2.18. The van der Waals surface area contributed by atoms with Crippen LogP contribution in [0.15, 0.2) is 30.6 Å². The lowest BCUT2D eigenvalue weighted by molar-refractivity contribution is 0.139. The first-order valence-corrected chi connectivity index (χ1v) is 7.92. The average molecular weight is 283 g/mol. The van der Waals surface area contributed by atoms with Gasteiger partial charge in [-0.3, -0.25) is 4.68 Å². The molecular weight excluding hydrogens is 262 g/mol. The molecule has 0 amide bonds. The van der Waals surface area contributed by atoms with Gasteiger partial charge in [-0.15, -0.1) is 0 Å². The predicted molar refractivity (Wildman–Crippen MR) is 79.9 cm³/mol. The molecule has 2 aliphatic carbocycles. The number of aliphatic hydroxyl groups is 1. The van der Waals surface area contributed by atoms with E-state index in [-0.39, 0.29) is 6.10 Å². The van der Waals surface area contributed by atoms with Gasteiger partial charge in [0, 0.05) is 13.0 Å². The van der Waals surface area contributed by atoms with Gasteiger partial charge in [0.15, 0.2) is 0 Å². The van der Waals surface area contributed by atoms with E-state index >= 15 is 0 Å². The summed E-state index contributed by atoms with van der Waals surface area (Å²) in [6.07, 6.45) is 4.27. The average Bonchev–Trinajstić information content (AvgIpc) is 3.11. The molecule has 1 N–H and O–H groups in total. The van der Waals surface area contributed by atoms with E-state index in [9.17, 15) is 5.11 Å². The van der Waals surface area contributed by atoms with Crippen LogP contribution in [0.4, 0.5) is 0 Å². The summed E-state index contributed by atoms with van der Waals surface area (Å²) in [6.45, 7) is 2.86. The Morgan fingerprint density at radius 2 is 2.24 bits per heavy atom. The van der Waals surface area contributed by atoms with Crippen LogP contribution in [0.3, 0.4) is 0 Å². The highest BCUT2D eigenvalue weighted by atomic mass is 16.3. The van der Waals surface area contributed by atoms with Crippen molar-refractivity contribution >= 4 is 0 Å². The molecule has 4 atom stereocenters. The SMILES string of the molecule is CCn1ncnc1CC(O)C1C2CCc3ccccc3C21. The number of aryl methyl sites for hydroxylation is 2. The number of hydrogen-bond acceptors (Lipinski definition) is 3. The molecule has 0 aliphatic heterocycles. The molecule has 4 unspecified atom stereocenters. The number of hydrogen-bond donors (Lipinski definition) is 1. The quantitative estimate of drug-likeness (QED) is 0.935. The van der Waals surface area contributed by atoms with Gasteiger partial charge in [-0.05, 0) is 48.6 Å². The minimum atomic E-state index is -0.305. The van der Waals surface area contributed by atoms with Crippen LogP contribution in [0.1, 0.15) is 36.2 Å².